The minimum Gasteiger partial charge on any atom is -0.372 e. The molecule has 8 heteroatoms. The van der Waals surface area contributed by atoms with Crippen LogP contribution in [0.1, 0.15) is 65.2 Å². The number of unbranched alkanes of at least 4 members (excludes halogenated alkanes) is 4. The Kier molecular flexibility index (Phi) is 17.4. The number of aryl methyl sites for hydroxylation is 2. The Morgan fingerprint density at radius 3 is 2.03 bits per heavy atom. The summed E-state index contributed by atoms with van der Waals surface area (Å²) in [6.07, 6.45) is 13.5. The number of hydrogen-bond acceptors (Lipinski definition) is 5. The lowest BCUT2D eigenvalue weighted by atomic mass is 10.2. The first-order valence-electron chi connectivity index (χ1n) is 12.9. The minimum atomic E-state index is 0.659. The lowest BCUT2D eigenvalue weighted by Gasteiger charge is -2.25. The van der Waals surface area contributed by atoms with Crippen LogP contribution in [0.25, 0.3) is 0 Å². The summed E-state index contributed by atoms with van der Waals surface area (Å²) in [5.41, 5.74) is 13.5. The Labute approximate surface area is 215 Å². The van der Waals surface area contributed by atoms with Gasteiger partial charge in [-0.25, -0.2) is 9.13 Å². The van der Waals surface area contributed by atoms with Crippen molar-refractivity contribution in [2.75, 3.05) is 36.9 Å². The first kappa shape index (κ1) is 30.3. The summed E-state index contributed by atoms with van der Waals surface area (Å²) in [5.74, 6) is 2.66. The van der Waals surface area contributed by atoms with Gasteiger partial charge in [-0.3, -0.25) is 0 Å². The number of hydrogen-bond donors (Lipinski definition) is 2. The van der Waals surface area contributed by atoms with Crippen LogP contribution in [0.2, 0.25) is 0 Å². The molecule has 1 heterocycles. The van der Waals surface area contributed by atoms with Crippen LogP contribution in [0.15, 0.2) is 46.9 Å². The number of azo groups is 1. The number of anilines is 1. The van der Waals surface area contributed by atoms with Crippen LogP contribution in [-0.2, 0) is 13.1 Å². The number of imidazole rings is 1. The third kappa shape index (κ3) is 11.1. The number of benzene rings is 1. The summed E-state index contributed by atoms with van der Waals surface area (Å²) in [6, 6.07) is 8.51. The second-order valence-corrected chi connectivity index (χ2v) is 8.39. The maximum absolute atomic E-state index is 5.70. The molecule has 0 aliphatic rings. The second kappa shape index (κ2) is 19.5. The van der Waals surface area contributed by atoms with Crippen LogP contribution in [0.4, 0.5) is 17.3 Å². The number of nitrogens with two attached hydrogens (primary N) is 2. The zero-order valence-corrected chi connectivity index (χ0v) is 23.2. The summed E-state index contributed by atoms with van der Waals surface area (Å²) in [6.45, 7) is 9.75. The first-order chi connectivity index (χ1) is 16.7. The normalized spacial score (nSPS) is 11.0. The monoisotopic (exact) mass is 536 g/mol. The van der Waals surface area contributed by atoms with E-state index in [1.165, 1.54) is 44.2 Å². The predicted molar refractivity (Wildman–Crippen MR) is 149 cm³/mol. The molecule has 0 radical (unpaired) electrons. The Bertz CT molecular complexity index is 738. The predicted octanol–water partition coefficient (Wildman–Crippen LogP) is 6.09. The van der Waals surface area contributed by atoms with E-state index in [9.17, 15) is 0 Å². The highest BCUT2D eigenvalue weighted by atomic mass is 79.9. The fraction of sp³-hybridized carbons (Fsp3) is 0.654. The molecule has 0 bridgehead atoms. The Morgan fingerprint density at radius 1 is 0.853 bits per heavy atom. The fourth-order valence-electron chi connectivity index (χ4n) is 3.75. The van der Waals surface area contributed by atoms with Crippen LogP contribution >= 0.6 is 15.9 Å². The van der Waals surface area contributed by atoms with E-state index in [1.807, 2.05) is 18.2 Å². The van der Waals surface area contributed by atoms with Crippen molar-refractivity contribution in [2.45, 2.75) is 78.3 Å². The van der Waals surface area contributed by atoms with Gasteiger partial charge in [-0.2, -0.15) is 0 Å². The lowest BCUT2D eigenvalue weighted by Crippen LogP contribution is -2.33. The molecule has 7 nitrogen and oxygen atoms in total. The van der Waals surface area contributed by atoms with Gasteiger partial charge >= 0.3 is 5.95 Å². The molecule has 0 fully saturated rings. The SMILES string of the molecule is CBr.CCCCCN(CCCCC)c1ccc(N=Nc2n(CCCN)cc[n+]2CCCN)cc1. The third-order valence-electron chi connectivity index (χ3n) is 5.68. The highest BCUT2D eigenvalue weighted by Crippen LogP contribution is 2.23. The van der Waals surface area contributed by atoms with Crippen LogP contribution in [0.3, 0.4) is 0 Å². The van der Waals surface area contributed by atoms with Crippen molar-refractivity contribution in [3.8, 4) is 0 Å². The largest absolute Gasteiger partial charge is 0.421 e. The van der Waals surface area contributed by atoms with Crippen LogP contribution < -0.4 is 20.9 Å². The maximum Gasteiger partial charge on any atom is 0.421 e. The number of alkyl halides is 1. The fourth-order valence-corrected chi connectivity index (χ4v) is 3.75. The van der Waals surface area contributed by atoms with Crippen molar-refractivity contribution in [3.63, 3.8) is 0 Å². The third-order valence-corrected chi connectivity index (χ3v) is 5.68. The van der Waals surface area contributed by atoms with Crippen LogP contribution in [0, 0.1) is 0 Å². The van der Waals surface area contributed by atoms with Crippen molar-refractivity contribution in [3.05, 3.63) is 36.7 Å². The molecule has 1 aromatic heterocycles. The van der Waals surface area contributed by atoms with Gasteiger partial charge in [0, 0.05) is 23.9 Å². The molecule has 1 aromatic carbocycles. The number of nitrogens with zero attached hydrogens (tertiary/aromatic N) is 5. The second-order valence-electron chi connectivity index (χ2n) is 8.39. The van der Waals surface area contributed by atoms with E-state index in [1.54, 1.807) is 0 Å². The lowest BCUT2D eigenvalue weighted by molar-refractivity contribution is -0.683. The zero-order chi connectivity index (χ0) is 25.0. The van der Waals surface area contributed by atoms with E-state index in [0.717, 1.165) is 50.7 Å². The molecule has 0 aliphatic heterocycles. The van der Waals surface area contributed by atoms with Crippen molar-refractivity contribution >= 4 is 33.3 Å². The molecular weight excluding hydrogens is 490 g/mol. The highest BCUT2D eigenvalue weighted by molar-refractivity contribution is 9.08. The van der Waals surface area contributed by atoms with Gasteiger partial charge in [0.15, 0.2) is 0 Å². The first-order valence-corrected chi connectivity index (χ1v) is 14.4. The van der Waals surface area contributed by atoms with Crippen molar-refractivity contribution < 1.29 is 4.57 Å². The van der Waals surface area contributed by atoms with Crippen LogP contribution in [0.5, 0.6) is 0 Å². The Balaban J connectivity index is 0.00000281. The Morgan fingerprint density at radius 2 is 1.47 bits per heavy atom. The zero-order valence-electron chi connectivity index (χ0n) is 21.6. The standard InChI is InChI=1S/C25H44N7.CH3Br/c1-3-5-7-17-30(18-8-6-4-2)24-13-11-23(12-14-24)28-29-25-31(19-9-15-26)21-22-32(25)20-10-16-27;1-2/h11-14,21-22H,3-10,15-20,26-27H2,1-2H3;1H3/q+1;. The van der Waals surface area contributed by atoms with Gasteiger partial charge in [-0.05, 0) is 68.9 Å². The molecule has 0 saturated carbocycles. The molecule has 2 rings (SSSR count). The summed E-state index contributed by atoms with van der Waals surface area (Å²) < 4.78 is 4.23. The van der Waals surface area contributed by atoms with Gasteiger partial charge in [0.05, 0.1) is 25.5 Å². The molecule has 0 unspecified atom stereocenters. The number of rotatable bonds is 17. The van der Waals surface area contributed by atoms with E-state index in [4.69, 9.17) is 11.5 Å². The van der Waals surface area contributed by atoms with Gasteiger partial charge in [-0.15, -0.1) is 0 Å². The van der Waals surface area contributed by atoms with Gasteiger partial charge in [0.2, 0.25) is 0 Å². The van der Waals surface area contributed by atoms with Gasteiger partial charge in [-0.1, -0.05) is 60.6 Å². The van der Waals surface area contributed by atoms with Gasteiger partial charge in [0.1, 0.15) is 5.69 Å². The summed E-state index contributed by atoms with van der Waals surface area (Å²) in [5, 5.41) is 9.13. The molecule has 34 heavy (non-hydrogen) atoms. The summed E-state index contributed by atoms with van der Waals surface area (Å²) in [7, 11) is 0. The maximum atomic E-state index is 5.70. The summed E-state index contributed by atoms with van der Waals surface area (Å²) in [4.78, 5) is 2.52. The quantitative estimate of drug-likeness (QED) is 0.111. The van der Waals surface area contributed by atoms with Gasteiger partial charge < -0.3 is 16.4 Å². The molecule has 192 valence electrons. The van der Waals surface area contributed by atoms with E-state index < -0.39 is 0 Å². The number of halogens is 1. The Hall–Kier alpha value is -1.77. The van der Waals surface area contributed by atoms with Crippen molar-refractivity contribution in [1.29, 1.82) is 0 Å². The topological polar surface area (TPSA) is 88.8 Å². The van der Waals surface area contributed by atoms with E-state index in [2.05, 4.69) is 78.3 Å². The van der Waals surface area contributed by atoms with Crippen molar-refractivity contribution in [1.82, 2.24) is 4.57 Å². The molecule has 0 aliphatic carbocycles. The number of aromatic nitrogens is 2. The highest BCUT2D eigenvalue weighted by Gasteiger charge is 2.16. The average molecular weight is 538 g/mol. The molecule has 0 spiro atoms. The molecule has 4 N–H and O–H groups in total. The van der Waals surface area contributed by atoms with Crippen LogP contribution in [-0.4, -0.2) is 36.6 Å². The molecule has 0 amide bonds. The molecule has 0 atom stereocenters. The minimum absolute atomic E-state index is 0.659. The van der Waals surface area contributed by atoms with Crippen molar-refractivity contribution in [2.24, 2.45) is 21.7 Å². The van der Waals surface area contributed by atoms with E-state index in [0.29, 0.717) is 13.1 Å². The smallest absolute Gasteiger partial charge is 0.372 e. The van der Waals surface area contributed by atoms with Gasteiger partial charge in [0.25, 0.3) is 0 Å². The average Bonchev–Trinajstić information content (AvgIpc) is 3.27. The van der Waals surface area contributed by atoms with E-state index in [-0.39, 0.29) is 0 Å². The molecule has 2 aromatic rings. The summed E-state index contributed by atoms with van der Waals surface area (Å²) >= 11 is 2.94. The molecular formula is C26H47BrN7+. The van der Waals surface area contributed by atoms with E-state index >= 15 is 0 Å². The molecule has 0 saturated heterocycles.